The predicted octanol–water partition coefficient (Wildman–Crippen LogP) is 0.382. The van der Waals surface area contributed by atoms with Crippen molar-refractivity contribution >= 4 is 64.9 Å². The van der Waals surface area contributed by atoms with E-state index in [-0.39, 0.29) is 81.2 Å². The zero-order chi connectivity index (χ0) is 57.3. The Bertz CT molecular complexity index is 2550. The monoisotopic (exact) mass is 1090 g/mol. The first-order valence-electron chi connectivity index (χ1n) is 27.2. The third-order valence-electron chi connectivity index (χ3n) is 13.9. The molecule has 8 amide bonds. The second kappa shape index (κ2) is 32.0. The van der Waals surface area contributed by atoms with E-state index in [1.165, 1.54) is 41.7 Å². The molecule has 2 fully saturated rings. The molecule has 0 radical (unpaired) electrons. The minimum absolute atomic E-state index is 0.101. The first kappa shape index (κ1) is 61.8. The summed E-state index contributed by atoms with van der Waals surface area (Å²) in [7, 11) is 0. The van der Waals surface area contributed by atoms with Crippen molar-refractivity contribution in [2.75, 3.05) is 57.7 Å². The maximum absolute atomic E-state index is 14.0. The van der Waals surface area contributed by atoms with Crippen LogP contribution in [0.25, 0.3) is 0 Å². The molecule has 3 aromatic rings. The molecule has 0 aromatic heterocycles. The number of nitrogens with one attached hydrogen (secondary N) is 7. The van der Waals surface area contributed by atoms with E-state index in [9.17, 15) is 38.4 Å². The van der Waals surface area contributed by atoms with Gasteiger partial charge in [0.1, 0.15) is 30.2 Å². The molecule has 2 heterocycles. The molecule has 2 aliphatic heterocycles. The minimum Gasteiger partial charge on any atom is -0.370 e. The van der Waals surface area contributed by atoms with E-state index in [1.807, 2.05) is 36.4 Å². The first-order valence-corrected chi connectivity index (χ1v) is 27.2. The molecule has 5 rings (SSSR count). The maximum atomic E-state index is 14.0. The van der Waals surface area contributed by atoms with Gasteiger partial charge in [0.15, 0.2) is 11.9 Å². The lowest BCUT2D eigenvalue weighted by atomic mass is 9.90. The number of anilines is 1. The molecule has 23 nitrogen and oxygen atoms in total. The number of carbonyl (C=O) groups excluding carboxylic acids is 8. The number of guanidine groups is 2. The maximum Gasteiger partial charge on any atom is 0.251 e. The summed E-state index contributed by atoms with van der Waals surface area (Å²) in [6.07, 6.45) is 5.05. The molecular formula is C56H81N15O8. The van der Waals surface area contributed by atoms with Crippen LogP contribution >= 0.6 is 0 Å². The van der Waals surface area contributed by atoms with Gasteiger partial charge in [0.05, 0.1) is 6.54 Å². The average molecular weight is 1090 g/mol. The Kier molecular flexibility index (Phi) is 25.0. The number of piperidine rings is 1. The molecule has 2 saturated heterocycles. The summed E-state index contributed by atoms with van der Waals surface area (Å²) in [4.78, 5) is 119. The van der Waals surface area contributed by atoms with Crippen LogP contribution < -0.4 is 60.2 Å². The fourth-order valence-corrected chi connectivity index (χ4v) is 9.59. The van der Waals surface area contributed by atoms with Crippen molar-refractivity contribution in [3.8, 4) is 0 Å². The van der Waals surface area contributed by atoms with Gasteiger partial charge in [0.25, 0.3) is 5.91 Å². The van der Waals surface area contributed by atoms with Gasteiger partial charge in [-0.2, -0.15) is 0 Å². The number of amides is 8. The highest BCUT2D eigenvalue weighted by atomic mass is 16.2. The minimum atomic E-state index is -1.12. The van der Waals surface area contributed by atoms with Gasteiger partial charge < -0.3 is 70.0 Å². The molecule has 0 spiro atoms. The SMILES string of the molecule is CC(=O)NCC(=O)N[C@@H](CCCN=C(N)N)C(=O)N1CCC[C@H]1C(=O)N[C@@H](CCCN=C(N)N)C(=O)Nc1ccc(C(=O)N[C@H](C(=O)N[C@@H](Cc2ccccc2)C(=O)NCCN2CCC(Cc3ccccc3)CC2)C(C)C)cc1. The van der Waals surface area contributed by atoms with Crippen LogP contribution in [0.3, 0.4) is 0 Å². The van der Waals surface area contributed by atoms with Crippen LogP contribution in [0.1, 0.15) is 93.6 Å². The van der Waals surface area contributed by atoms with Crippen LogP contribution in [-0.4, -0.2) is 152 Å². The van der Waals surface area contributed by atoms with Gasteiger partial charge in [-0.3, -0.25) is 48.3 Å². The largest absolute Gasteiger partial charge is 0.370 e. The molecule has 23 heteroatoms. The lowest BCUT2D eigenvalue weighted by molar-refractivity contribution is -0.142. The van der Waals surface area contributed by atoms with Crippen molar-refractivity contribution in [3.05, 3.63) is 102 Å². The summed E-state index contributed by atoms with van der Waals surface area (Å²) in [6.45, 7) is 8.01. The van der Waals surface area contributed by atoms with E-state index < -0.39 is 71.6 Å². The Hall–Kier alpha value is -8.08. The second-order valence-electron chi connectivity index (χ2n) is 20.5. The molecule has 2 aliphatic rings. The number of rotatable bonds is 29. The molecule has 5 atom stereocenters. The van der Waals surface area contributed by atoms with Crippen LogP contribution in [0.5, 0.6) is 0 Å². The summed E-state index contributed by atoms with van der Waals surface area (Å²) in [5, 5.41) is 19.4. The summed E-state index contributed by atoms with van der Waals surface area (Å²) < 4.78 is 0. The average Bonchev–Trinajstić information content (AvgIpc) is 3.94. The van der Waals surface area contributed by atoms with E-state index in [0.29, 0.717) is 44.0 Å². The van der Waals surface area contributed by atoms with Gasteiger partial charge in [-0.1, -0.05) is 74.5 Å². The van der Waals surface area contributed by atoms with E-state index >= 15 is 0 Å². The van der Waals surface area contributed by atoms with Crippen LogP contribution in [-0.2, 0) is 46.4 Å². The van der Waals surface area contributed by atoms with Gasteiger partial charge >= 0.3 is 0 Å². The Morgan fingerprint density at radius 1 is 0.646 bits per heavy atom. The fourth-order valence-electron chi connectivity index (χ4n) is 9.59. The van der Waals surface area contributed by atoms with Crippen molar-refractivity contribution < 1.29 is 38.4 Å². The topological polar surface area (TPSA) is 356 Å². The van der Waals surface area contributed by atoms with Crippen LogP contribution in [0.4, 0.5) is 5.69 Å². The number of benzene rings is 3. The molecule has 79 heavy (non-hydrogen) atoms. The molecule has 0 aliphatic carbocycles. The third kappa shape index (κ3) is 21.3. The van der Waals surface area contributed by atoms with Crippen molar-refractivity contribution in [1.82, 2.24) is 41.7 Å². The highest BCUT2D eigenvalue weighted by Crippen LogP contribution is 2.23. The lowest BCUT2D eigenvalue weighted by Crippen LogP contribution is -2.56. The number of aliphatic imine (C=N–C) groups is 2. The predicted molar refractivity (Wildman–Crippen MR) is 303 cm³/mol. The quantitative estimate of drug-likeness (QED) is 0.0255. The Balaban J connectivity index is 1.19. The summed E-state index contributed by atoms with van der Waals surface area (Å²) in [5.41, 5.74) is 24.7. The zero-order valence-corrected chi connectivity index (χ0v) is 45.7. The van der Waals surface area contributed by atoms with Crippen LogP contribution in [0, 0.1) is 11.8 Å². The van der Waals surface area contributed by atoms with Crippen LogP contribution in [0.2, 0.25) is 0 Å². The van der Waals surface area contributed by atoms with Gasteiger partial charge in [-0.25, -0.2) is 0 Å². The first-order chi connectivity index (χ1) is 37.9. The normalized spacial score (nSPS) is 16.0. The van der Waals surface area contributed by atoms with Crippen molar-refractivity contribution in [2.45, 2.75) is 115 Å². The summed E-state index contributed by atoms with van der Waals surface area (Å²) >= 11 is 0. The standard InChI is InChI=1S/C56H81N15O8/c1-36(2)48(53(78)68-45(34-39-15-8-5-9-16-39)50(75)61-28-32-70-30-24-40(25-31-70)33-38-13-6-4-7-14-38)69-49(74)41-20-22-42(23-21-41)65-51(76)43(17-10-26-62-55(57)58)67-52(77)46-19-12-29-71(46)54(79)44(18-11-27-63-56(59)60)66-47(73)35-64-37(3)72/h4-9,13-16,20-23,36,40,43-46,48H,10-12,17-19,24-35H2,1-3H3,(H,61,75)(H,64,72)(H,65,76)(H,66,73)(H,67,77)(H,68,78)(H,69,74)(H4,57,58,62)(H4,59,60,63)/t43-,44-,45-,46-,48-/m0/s1. The number of hydrogen-bond acceptors (Lipinski definition) is 11. The van der Waals surface area contributed by atoms with Crippen LogP contribution in [0.15, 0.2) is 94.9 Å². The third-order valence-corrected chi connectivity index (χ3v) is 13.9. The Morgan fingerprint density at radius 2 is 1.25 bits per heavy atom. The zero-order valence-electron chi connectivity index (χ0n) is 45.7. The Morgan fingerprint density at radius 3 is 1.85 bits per heavy atom. The summed E-state index contributed by atoms with van der Waals surface area (Å²) in [5.74, 6) is -4.20. The van der Waals surface area contributed by atoms with E-state index in [4.69, 9.17) is 22.9 Å². The van der Waals surface area contributed by atoms with Crippen molar-refractivity contribution in [2.24, 2.45) is 44.8 Å². The Labute approximate surface area is 462 Å². The summed E-state index contributed by atoms with van der Waals surface area (Å²) in [6, 6.07) is 20.8. The van der Waals surface area contributed by atoms with Gasteiger partial charge in [0, 0.05) is 57.3 Å². The number of likely N-dealkylation sites (tertiary alicyclic amines) is 2. The number of nitrogens with zero attached hydrogens (tertiary/aromatic N) is 4. The van der Waals surface area contributed by atoms with Gasteiger partial charge in [-0.05, 0) is 118 Å². The molecule has 428 valence electrons. The molecule has 0 saturated carbocycles. The van der Waals surface area contributed by atoms with Crippen molar-refractivity contribution in [1.29, 1.82) is 0 Å². The molecule has 3 aromatic carbocycles. The highest BCUT2D eigenvalue weighted by Gasteiger charge is 2.39. The van der Waals surface area contributed by atoms with E-state index in [0.717, 1.165) is 37.9 Å². The van der Waals surface area contributed by atoms with Gasteiger partial charge in [0.2, 0.25) is 41.4 Å². The lowest BCUT2D eigenvalue weighted by Gasteiger charge is -2.32. The smallest absolute Gasteiger partial charge is 0.251 e. The number of carbonyl (C=O) groups is 8. The molecule has 0 unspecified atom stereocenters. The van der Waals surface area contributed by atoms with E-state index in [1.54, 1.807) is 13.8 Å². The molecule has 0 bridgehead atoms. The second-order valence-corrected chi connectivity index (χ2v) is 20.5. The van der Waals surface area contributed by atoms with Crippen molar-refractivity contribution in [3.63, 3.8) is 0 Å². The fraction of sp³-hybridized carbons (Fsp3) is 0.500. The molecule has 15 N–H and O–H groups in total. The van der Waals surface area contributed by atoms with E-state index in [2.05, 4.69) is 76.4 Å². The molecular weight excluding hydrogens is 1010 g/mol. The number of nitrogens with two attached hydrogens (primary N) is 4. The van der Waals surface area contributed by atoms with Gasteiger partial charge in [-0.15, -0.1) is 0 Å². The number of hydrogen-bond donors (Lipinski definition) is 11. The highest BCUT2D eigenvalue weighted by molar-refractivity contribution is 6.01.